The maximum Gasteiger partial charge on any atom is 0.0438 e. The average Bonchev–Trinajstić information content (AvgIpc) is 2.81. The summed E-state index contributed by atoms with van der Waals surface area (Å²) in [6.07, 6.45) is 6.33. The predicted molar refractivity (Wildman–Crippen MR) is 74.3 cm³/mol. The average molecular weight is 252 g/mol. The minimum atomic E-state index is 0.132. The van der Waals surface area contributed by atoms with Crippen molar-refractivity contribution >= 4 is 11.6 Å². The van der Waals surface area contributed by atoms with Crippen LogP contribution in [0.4, 0.5) is 0 Å². The summed E-state index contributed by atoms with van der Waals surface area (Å²) < 4.78 is 0. The number of hydrogen-bond donors (Lipinski definition) is 1. The molecule has 1 atom stereocenters. The third-order valence-corrected chi connectivity index (χ3v) is 4.93. The van der Waals surface area contributed by atoms with Crippen molar-refractivity contribution in [1.82, 2.24) is 0 Å². The molecule has 1 aliphatic rings. The summed E-state index contributed by atoms with van der Waals surface area (Å²) in [5.74, 6) is 0. The molecule has 2 rings (SSSR count). The number of halogens is 1. The second-order valence-corrected chi connectivity index (χ2v) is 5.82. The van der Waals surface area contributed by atoms with Crippen molar-refractivity contribution in [2.75, 3.05) is 0 Å². The summed E-state index contributed by atoms with van der Waals surface area (Å²) in [6.45, 7) is 4.30. The Bertz CT molecular complexity index is 394. The van der Waals surface area contributed by atoms with Gasteiger partial charge in [0, 0.05) is 11.1 Å². The highest BCUT2D eigenvalue weighted by molar-refractivity contribution is 6.31. The molecule has 17 heavy (non-hydrogen) atoms. The highest BCUT2D eigenvalue weighted by Gasteiger charge is 2.38. The zero-order valence-electron chi connectivity index (χ0n) is 10.8. The molecule has 0 amide bonds. The van der Waals surface area contributed by atoms with Gasteiger partial charge in [0.15, 0.2) is 0 Å². The number of benzene rings is 1. The van der Waals surface area contributed by atoms with Crippen LogP contribution >= 0.6 is 11.6 Å². The summed E-state index contributed by atoms with van der Waals surface area (Å²) in [7, 11) is 0. The van der Waals surface area contributed by atoms with E-state index in [1.807, 2.05) is 6.92 Å². The van der Waals surface area contributed by atoms with Crippen LogP contribution in [-0.2, 0) is 0 Å². The quantitative estimate of drug-likeness (QED) is 0.834. The van der Waals surface area contributed by atoms with Crippen LogP contribution in [0.25, 0.3) is 0 Å². The normalized spacial score (nSPS) is 20.5. The van der Waals surface area contributed by atoms with E-state index in [0.717, 1.165) is 10.6 Å². The topological polar surface area (TPSA) is 26.0 Å². The standard InChI is InChI=1S/C15H22ClN/c1-3-15(8-4-5-9-15)14(17)12-7-6-11(2)13(16)10-12/h6-7,10,14H,3-5,8-9,17H2,1-2H3. The fraction of sp³-hybridized carbons (Fsp3) is 0.600. The molecule has 1 fully saturated rings. The minimum absolute atomic E-state index is 0.132. The Hall–Kier alpha value is -0.530. The van der Waals surface area contributed by atoms with Crippen molar-refractivity contribution in [1.29, 1.82) is 0 Å². The van der Waals surface area contributed by atoms with Gasteiger partial charge in [-0.15, -0.1) is 0 Å². The Labute approximate surface area is 109 Å². The Morgan fingerprint density at radius 1 is 1.35 bits per heavy atom. The monoisotopic (exact) mass is 251 g/mol. The van der Waals surface area contributed by atoms with Crippen molar-refractivity contribution in [2.24, 2.45) is 11.1 Å². The van der Waals surface area contributed by atoms with Gasteiger partial charge in [0.1, 0.15) is 0 Å². The van der Waals surface area contributed by atoms with Gasteiger partial charge in [-0.1, -0.05) is 43.5 Å². The van der Waals surface area contributed by atoms with Crippen molar-refractivity contribution in [3.8, 4) is 0 Å². The molecular formula is C15H22ClN. The largest absolute Gasteiger partial charge is 0.323 e. The summed E-state index contributed by atoms with van der Waals surface area (Å²) in [5, 5.41) is 0.835. The molecule has 1 aromatic carbocycles. The fourth-order valence-electron chi connectivity index (χ4n) is 3.12. The zero-order chi connectivity index (χ0) is 12.5. The lowest BCUT2D eigenvalue weighted by molar-refractivity contribution is 0.222. The van der Waals surface area contributed by atoms with E-state index in [0.29, 0.717) is 5.41 Å². The number of aryl methyl sites for hydroxylation is 1. The van der Waals surface area contributed by atoms with Crippen LogP contribution in [0.1, 0.15) is 56.2 Å². The third kappa shape index (κ3) is 2.36. The van der Waals surface area contributed by atoms with Crippen LogP contribution in [-0.4, -0.2) is 0 Å². The third-order valence-electron chi connectivity index (χ3n) is 4.52. The van der Waals surface area contributed by atoms with Crippen molar-refractivity contribution in [3.63, 3.8) is 0 Å². The second kappa shape index (κ2) is 4.99. The summed E-state index contributed by atoms with van der Waals surface area (Å²) in [6, 6.07) is 6.41. The van der Waals surface area contributed by atoms with Gasteiger partial charge in [0.25, 0.3) is 0 Å². The molecule has 0 aliphatic heterocycles. The van der Waals surface area contributed by atoms with Crippen LogP contribution in [0.15, 0.2) is 18.2 Å². The maximum absolute atomic E-state index is 6.51. The molecule has 1 aliphatic carbocycles. The van der Waals surface area contributed by atoms with E-state index in [2.05, 4.69) is 25.1 Å². The first kappa shape index (κ1) is 12.9. The lowest BCUT2D eigenvalue weighted by Gasteiger charge is -2.34. The molecule has 1 aromatic rings. The molecule has 1 unspecified atom stereocenters. The smallest absolute Gasteiger partial charge is 0.0438 e. The molecular weight excluding hydrogens is 230 g/mol. The molecule has 1 nitrogen and oxygen atoms in total. The van der Waals surface area contributed by atoms with Crippen LogP contribution in [0.5, 0.6) is 0 Å². The van der Waals surface area contributed by atoms with Gasteiger partial charge < -0.3 is 5.73 Å². The molecule has 0 aromatic heterocycles. The van der Waals surface area contributed by atoms with Crippen molar-refractivity contribution in [2.45, 2.75) is 52.0 Å². The lowest BCUT2D eigenvalue weighted by Crippen LogP contribution is -2.31. The van der Waals surface area contributed by atoms with E-state index in [1.54, 1.807) is 0 Å². The first-order chi connectivity index (χ1) is 8.09. The van der Waals surface area contributed by atoms with E-state index in [4.69, 9.17) is 17.3 Å². The Morgan fingerprint density at radius 2 is 2.00 bits per heavy atom. The van der Waals surface area contributed by atoms with Gasteiger partial charge in [-0.25, -0.2) is 0 Å². The molecule has 0 saturated heterocycles. The number of rotatable bonds is 3. The van der Waals surface area contributed by atoms with Gasteiger partial charge in [-0.3, -0.25) is 0 Å². The lowest BCUT2D eigenvalue weighted by atomic mass is 9.74. The molecule has 2 N–H and O–H groups in total. The minimum Gasteiger partial charge on any atom is -0.323 e. The first-order valence-electron chi connectivity index (χ1n) is 6.61. The van der Waals surface area contributed by atoms with Gasteiger partial charge >= 0.3 is 0 Å². The number of nitrogens with two attached hydrogens (primary N) is 1. The Kier molecular flexibility index (Phi) is 3.79. The zero-order valence-corrected chi connectivity index (χ0v) is 11.6. The highest BCUT2D eigenvalue weighted by atomic mass is 35.5. The van der Waals surface area contributed by atoms with Gasteiger partial charge in [0.2, 0.25) is 0 Å². The number of hydrogen-bond acceptors (Lipinski definition) is 1. The summed E-state index contributed by atoms with van der Waals surface area (Å²) in [5.41, 5.74) is 9.13. The molecule has 0 radical (unpaired) electrons. The van der Waals surface area contributed by atoms with Crippen molar-refractivity contribution in [3.05, 3.63) is 34.3 Å². The molecule has 0 bridgehead atoms. The molecule has 0 heterocycles. The van der Waals surface area contributed by atoms with E-state index >= 15 is 0 Å². The predicted octanol–water partition coefficient (Wildman–Crippen LogP) is 4.62. The van der Waals surface area contributed by atoms with Crippen LogP contribution in [0, 0.1) is 12.3 Å². The Morgan fingerprint density at radius 3 is 2.53 bits per heavy atom. The molecule has 2 heteroatoms. The van der Waals surface area contributed by atoms with Crippen LogP contribution in [0.3, 0.4) is 0 Å². The first-order valence-corrected chi connectivity index (χ1v) is 6.98. The molecule has 94 valence electrons. The summed E-state index contributed by atoms with van der Waals surface area (Å²) in [4.78, 5) is 0. The van der Waals surface area contributed by atoms with Gasteiger partial charge in [-0.2, -0.15) is 0 Å². The summed E-state index contributed by atoms with van der Waals surface area (Å²) >= 11 is 6.20. The van der Waals surface area contributed by atoms with Gasteiger partial charge in [-0.05, 0) is 48.8 Å². The van der Waals surface area contributed by atoms with E-state index in [-0.39, 0.29) is 6.04 Å². The van der Waals surface area contributed by atoms with E-state index < -0.39 is 0 Å². The van der Waals surface area contributed by atoms with Crippen LogP contribution < -0.4 is 5.73 Å². The Balaban J connectivity index is 2.29. The molecule has 0 spiro atoms. The van der Waals surface area contributed by atoms with Crippen LogP contribution in [0.2, 0.25) is 5.02 Å². The maximum atomic E-state index is 6.51. The second-order valence-electron chi connectivity index (χ2n) is 5.41. The van der Waals surface area contributed by atoms with E-state index in [9.17, 15) is 0 Å². The fourth-order valence-corrected chi connectivity index (χ4v) is 3.31. The van der Waals surface area contributed by atoms with Gasteiger partial charge in [0.05, 0.1) is 0 Å². The molecule has 1 saturated carbocycles. The van der Waals surface area contributed by atoms with E-state index in [1.165, 1.54) is 37.7 Å². The highest BCUT2D eigenvalue weighted by Crippen LogP contribution is 2.49. The SMILES string of the molecule is CCC1(C(N)c2ccc(C)c(Cl)c2)CCCC1. The van der Waals surface area contributed by atoms with Crippen molar-refractivity contribution < 1.29 is 0 Å².